The number of carbonyl (C=O) groups is 3. The SMILES string of the molecule is CC(=O)N/N=C/c1ccc(CC(N)C(=O)NC(C)C(=O)O)cc1. The van der Waals surface area contributed by atoms with Gasteiger partial charge in [0.05, 0.1) is 12.3 Å². The molecule has 8 nitrogen and oxygen atoms in total. The third kappa shape index (κ3) is 6.70. The molecule has 2 atom stereocenters. The van der Waals surface area contributed by atoms with Crippen LogP contribution in [0.4, 0.5) is 0 Å². The van der Waals surface area contributed by atoms with Gasteiger partial charge in [0, 0.05) is 6.92 Å². The van der Waals surface area contributed by atoms with Crippen LogP contribution < -0.4 is 16.5 Å². The maximum absolute atomic E-state index is 11.8. The van der Waals surface area contributed by atoms with E-state index in [1.807, 2.05) is 0 Å². The van der Waals surface area contributed by atoms with Gasteiger partial charge < -0.3 is 16.2 Å². The second-order valence-electron chi connectivity index (χ2n) is 5.05. The van der Waals surface area contributed by atoms with Gasteiger partial charge in [-0.15, -0.1) is 0 Å². The molecule has 0 spiro atoms. The number of rotatable bonds is 7. The monoisotopic (exact) mass is 320 g/mol. The molecule has 0 radical (unpaired) electrons. The lowest BCUT2D eigenvalue weighted by Crippen LogP contribution is -2.48. The Bertz CT molecular complexity index is 598. The minimum absolute atomic E-state index is 0.259. The van der Waals surface area contributed by atoms with Crippen molar-refractivity contribution in [1.29, 1.82) is 0 Å². The van der Waals surface area contributed by atoms with E-state index >= 15 is 0 Å². The predicted molar refractivity (Wildman–Crippen MR) is 84.8 cm³/mol. The Morgan fingerprint density at radius 3 is 2.43 bits per heavy atom. The molecule has 0 saturated heterocycles. The molecule has 0 aliphatic heterocycles. The zero-order valence-electron chi connectivity index (χ0n) is 12.9. The molecule has 0 aliphatic carbocycles. The summed E-state index contributed by atoms with van der Waals surface area (Å²) in [6, 6.07) is 5.28. The number of carboxylic acid groups (broad SMARTS) is 1. The first-order valence-corrected chi connectivity index (χ1v) is 6.97. The quantitative estimate of drug-likeness (QED) is 0.401. The van der Waals surface area contributed by atoms with Crippen molar-refractivity contribution >= 4 is 24.0 Å². The summed E-state index contributed by atoms with van der Waals surface area (Å²) in [4.78, 5) is 33.1. The molecule has 2 unspecified atom stereocenters. The lowest BCUT2D eigenvalue weighted by atomic mass is 10.0. The number of hydrogen-bond acceptors (Lipinski definition) is 5. The van der Waals surface area contributed by atoms with E-state index in [4.69, 9.17) is 10.8 Å². The van der Waals surface area contributed by atoms with Gasteiger partial charge in [-0.2, -0.15) is 5.10 Å². The summed E-state index contributed by atoms with van der Waals surface area (Å²) in [5, 5.41) is 14.8. The van der Waals surface area contributed by atoms with E-state index in [9.17, 15) is 14.4 Å². The van der Waals surface area contributed by atoms with Crippen LogP contribution in [0.15, 0.2) is 29.4 Å². The van der Waals surface area contributed by atoms with E-state index in [1.54, 1.807) is 24.3 Å². The summed E-state index contributed by atoms with van der Waals surface area (Å²) in [5.74, 6) is -1.89. The molecule has 0 aliphatic rings. The van der Waals surface area contributed by atoms with Gasteiger partial charge in [-0.3, -0.25) is 14.4 Å². The average Bonchev–Trinajstić information content (AvgIpc) is 2.48. The maximum atomic E-state index is 11.8. The van der Waals surface area contributed by atoms with Crippen molar-refractivity contribution in [2.24, 2.45) is 10.8 Å². The van der Waals surface area contributed by atoms with Crippen LogP contribution in [0.1, 0.15) is 25.0 Å². The number of nitrogens with one attached hydrogen (secondary N) is 2. The Morgan fingerprint density at radius 2 is 1.91 bits per heavy atom. The Labute approximate surface area is 133 Å². The molecule has 0 heterocycles. The number of hydrazone groups is 1. The van der Waals surface area contributed by atoms with Crippen LogP contribution in [0.3, 0.4) is 0 Å². The lowest BCUT2D eigenvalue weighted by molar-refractivity contribution is -0.141. The molecule has 23 heavy (non-hydrogen) atoms. The molecule has 1 aromatic carbocycles. The summed E-state index contributed by atoms with van der Waals surface area (Å²) >= 11 is 0. The van der Waals surface area contributed by atoms with Crippen molar-refractivity contribution in [2.75, 3.05) is 0 Å². The van der Waals surface area contributed by atoms with Crippen LogP contribution in [-0.4, -0.2) is 41.2 Å². The number of hydrogen-bond donors (Lipinski definition) is 4. The molecule has 2 amide bonds. The van der Waals surface area contributed by atoms with E-state index in [-0.39, 0.29) is 12.3 Å². The minimum Gasteiger partial charge on any atom is -0.480 e. The summed E-state index contributed by atoms with van der Waals surface area (Å²) in [5.41, 5.74) is 9.67. The van der Waals surface area contributed by atoms with Crippen LogP contribution in [0, 0.1) is 0 Å². The number of carbonyl (C=O) groups excluding carboxylic acids is 2. The van der Waals surface area contributed by atoms with Crippen molar-refractivity contribution in [3.05, 3.63) is 35.4 Å². The molecule has 0 saturated carbocycles. The number of benzene rings is 1. The summed E-state index contributed by atoms with van der Waals surface area (Å²) in [7, 11) is 0. The molecule has 8 heteroatoms. The fourth-order valence-corrected chi connectivity index (χ4v) is 1.67. The molecule has 1 aromatic rings. The Kier molecular flexibility index (Phi) is 6.88. The number of carboxylic acids is 1. The van der Waals surface area contributed by atoms with Gasteiger partial charge in [0.1, 0.15) is 6.04 Å². The highest BCUT2D eigenvalue weighted by molar-refractivity contribution is 5.86. The molecule has 0 bridgehead atoms. The summed E-state index contributed by atoms with van der Waals surface area (Å²) in [6.07, 6.45) is 1.77. The fraction of sp³-hybridized carbons (Fsp3) is 0.333. The highest BCUT2D eigenvalue weighted by Gasteiger charge is 2.19. The summed E-state index contributed by atoms with van der Waals surface area (Å²) < 4.78 is 0. The van der Waals surface area contributed by atoms with Gasteiger partial charge in [0.15, 0.2) is 0 Å². The highest BCUT2D eigenvalue weighted by Crippen LogP contribution is 2.05. The van der Waals surface area contributed by atoms with Crippen molar-refractivity contribution in [1.82, 2.24) is 10.7 Å². The molecule has 0 fully saturated rings. The van der Waals surface area contributed by atoms with Gasteiger partial charge >= 0.3 is 5.97 Å². The fourth-order valence-electron chi connectivity index (χ4n) is 1.67. The highest BCUT2D eigenvalue weighted by atomic mass is 16.4. The zero-order valence-corrected chi connectivity index (χ0v) is 12.9. The third-order valence-corrected chi connectivity index (χ3v) is 2.94. The van der Waals surface area contributed by atoms with Crippen molar-refractivity contribution in [3.8, 4) is 0 Å². The Morgan fingerprint density at radius 1 is 1.30 bits per heavy atom. The normalized spacial score (nSPS) is 13.3. The largest absolute Gasteiger partial charge is 0.480 e. The van der Waals surface area contributed by atoms with Crippen molar-refractivity contribution in [2.45, 2.75) is 32.4 Å². The number of amides is 2. The van der Waals surface area contributed by atoms with Gasteiger partial charge in [-0.1, -0.05) is 24.3 Å². The first kappa shape index (κ1) is 18.3. The first-order chi connectivity index (χ1) is 10.8. The van der Waals surface area contributed by atoms with Crippen molar-refractivity contribution < 1.29 is 19.5 Å². The standard InChI is InChI=1S/C15H20N4O4/c1-9(15(22)23)18-14(21)13(16)7-11-3-5-12(6-4-11)8-17-19-10(2)20/h3-6,8-9,13H,7,16H2,1-2H3,(H,18,21)(H,19,20)(H,22,23)/b17-8+. The van der Waals surface area contributed by atoms with E-state index in [1.165, 1.54) is 20.1 Å². The summed E-state index contributed by atoms with van der Waals surface area (Å²) in [6.45, 7) is 2.73. The molecule has 124 valence electrons. The topological polar surface area (TPSA) is 134 Å². The van der Waals surface area contributed by atoms with Crippen LogP contribution in [0.2, 0.25) is 0 Å². The number of nitrogens with two attached hydrogens (primary N) is 1. The molecule has 5 N–H and O–H groups in total. The second kappa shape index (κ2) is 8.64. The van der Waals surface area contributed by atoms with Gasteiger partial charge in [-0.05, 0) is 24.5 Å². The third-order valence-electron chi connectivity index (χ3n) is 2.94. The lowest BCUT2D eigenvalue weighted by Gasteiger charge is -2.14. The van der Waals surface area contributed by atoms with Crippen LogP contribution in [-0.2, 0) is 20.8 Å². The molecule has 0 aromatic heterocycles. The number of aliphatic carboxylic acids is 1. The minimum atomic E-state index is -1.12. The van der Waals surface area contributed by atoms with E-state index in [2.05, 4.69) is 15.8 Å². The van der Waals surface area contributed by atoms with Gasteiger partial charge in [0.25, 0.3) is 0 Å². The smallest absolute Gasteiger partial charge is 0.325 e. The number of nitrogens with zero attached hydrogens (tertiary/aromatic N) is 1. The second-order valence-corrected chi connectivity index (χ2v) is 5.05. The first-order valence-electron chi connectivity index (χ1n) is 6.97. The molecular weight excluding hydrogens is 300 g/mol. The van der Waals surface area contributed by atoms with Gasteiger partial charge in [-0.25, -0.2) is 5.43 Å². The average molecular weight is 320 g/mol. The van der Waals surface area contributed by atoms with E-state index in [0.29, 0.717) is 0 Å². The van der Waals surface area contributed by atoms with Crippen LogP contribution in [0.25, 0.3) is 0 Å². The Hall–Kier alpha value is -2.74. The van der Waals surface area contributed by atoms with Crippen LogP contribution in [0.5, 0.6) is 0 Å². The molecule has 1 rings (SSSR count). The zero-order chi connectivity index (χ0) is 17.4. The molecular formula is C15H20N4O4. The van der Waals surface area contributed by atoms with Crippen LogP contribution >= 0.6 is 0 Å². The Balaban J connectivity index is 2.57. The van der Waals surface area contributed by atoms with E-state index < -0.39 is 24.0 Å². The predicted octanol–water partition coefficient (Wildman–Crippen LogP) is -0.384. The maximum Gasteiger partial charge on any atom is 0.325 e. The van der Waals surface area contributed by atoms with Gasteiger partial charge in [0.2, 0.25) is 11.8 Å². The van der Waals surface area contributed by atoms with Crippen molar-refractivity contribution in [3.63, 3.8) is 0 Å². The van der Waals surface area contributed by atoms with E-state index in [0.717, 1.165) is 11.1 Å².